The number of hydrogen-bond donors (Lipinski definition) is 2. The molecule has 6 heteroatoms. The molecule has 0 atom stereocenters. The minimum Gasteiger partial charge on any atom is -0.408 e. The molecular formula is C11H15ClN2O3. The first-order valence-corrected chi connectivity index (χ1v) is 5.41. The van der Waals surface area contributed by atoms with Crippen LogP contribution in [0.25, 0.3) is 0 Å². The monoisotopic (exact) mass is 258 g/mol. The van der Waals surface area contributed by atoms with E-state index in [1.807, 2.05) is 20.8 Å². The summed E-state index contributed by atoms with van der Waals surface area (Å²) in [5, 5.41) is 9.42. The van der Waals surface area contributed by atoms with Crippen molar-refractivity contribution in [3.63, 3.8) is 0 Å². The Bertz CT molecular complexity index is 441. The van der Waals surface area contributed by atoms with Gasteiger partial charge in [-0.2, -0.15) is 0 Å². The Morgan fingerprint density at radius 3 is 2.59 bits per heavy atom. The second-order valence-corrected chi connectivity index (χ2v) is 4.98. The number of primary amides is 1. The topological polar surface area (TPSA) is 85.4 Å². The van der Waals surface area contributed by atoms with E-state index in [-0.39, 0.29) is 28.6 Å². The van der Waals surface area contributed by atoms with E-state index in [9.17, 15) is 9.90 Å². The molecule has 5 nitrogen and oxygen atoms in total. The molecule has 0 aliphatic heterocycles. The van der Waals surface area contributed by atoms with Crippen LogP contribution in [0.15, 0.2) is 6.07 Å². The van der Waals surface area contributed by atoms with E-state index < -0.39 is 6.09 Å². The third-order valence-electron chi connectivity index (χ3n) is 2.17. The number of rotatable bonds is 2. The molecule has 0 aromatic carbocycles. The van der Waals surface area contributed by atoms with Gasteiger partial charge in [-0.3, -0.25) is 0 Å². The molecule has 1 amide bonds. The number of halogens is 1. The van der Waals surface area contributed by atoms with Crippen LogP contribution in [0.2, 0.25) is 5.15 Å². The summed E-state index contributed by atoms with van der Waals surface area (Å²) < 4.78 is 4.91. The van der Waals surface area contributed by atoms with E-state index in [1.165, 1.54) is 0 Å². The molecule has 3 N–H and O–H groups in total. The maximum absolute atomic E-state index is 10.9. The van der Waals surface area contributed by atoms with Gasteiger partial charge in [0.05, 0.1) is 6.61 Å². The van der Waals surface area contributed by atoms with Crippen LogP contribution in [0.3, 0.4) is 0 Å². The van der Waals surface area contributed by atoms with Gasteiger partial charge in [0.25, 0.3) is 0 Å². The zero-order valence-electron chi connectivity index (χ0n) is 9.95. The van der Waals surface area contributed by atoms with E-state index in [0.29, 0.717) is 5.56 Å². The second kappa shape index (κ2) is 4.89. The van der Waals surface area contributed by atoms with Crippen molar-refractivity contribution in [2.24, 2.45) is 5.73 Å². The highest BCUT2D eigenvalue weighted by Crippen LogP contribution is 2.35. The van der Waals surface area contributed by atoms with Crippen LogP contribution in [0, 0.1) is 0 Å². The van der Waals surface area contributed by atoms with Gasteiger partial charge in [0.1, 0.15) is 10.8 Å². The molecule has 0 unspecified atom stereocenters. The van der Waals surface area contributed by atoms with E-state index >= 15 is 0 Å². The minimum atomic E-state index is -0.950. The predicted molar refractivity (Wildman–Crippen MR) is 64.1 cm³/mol. The van der Waals surface area contributed by atoms with Crippen molar-refractivity contribution in [1.82, 2.24) is 4.98 Å². The third kappa shape index (κ3) is 3.31. The molecule has 1 heterocycles. The lowest BCUT2D eigenvalue weighted by Gasteiger charge is -2.23. The molecule has 0 bridgehead atoms. The first-order chi connectivity index (χ1) is 7.75. The lowest BCUT2D eigenvalue weighted by Crippen LogP contribution is -2.22. The zero-order valence-corrected chi connectivity index (χ0v) is 10.7. The maximum Gasteiger partial charge on any atom is 0.410 e. The highest BCUT2D eigenvalue weighted by Gasteiger charge is 2.24. The van der Waals surface area contributed by atoms with Crippen LogP contribution in [-0.2, 0) is 12.0 Å². The Kier molecular flexibility index (Phi) is 3.95. The number of aliphatic hydroxyl groups is 1. The molecule has 0 saturated heterocycles. The van der Waals surface area contributed by atoms with Crippen LogP contribution in [-0.4, -0.2) is 16.2 Å². The summed E-state index contributed by atoms with van der Waals surface area (Å²) in [6.45, 7) is 5.39. The minimum absolute atomic E-state index is 0.178. The number of carbonyl (C=O) groups excluding carboxylic acids is 1. The summed E-state index contributed by atoms with van der Waals surface area (Å²) in [6.07, 6.45) is -0.950. The van der Waals surface area contributed by atoms with Gasteiger partial charge in [0.2, 0.25) is 0 Å². The number of aliphatic hydroxyl groups excluding tert-OH is 1. The molecule has 0 aliphatic rings. The summed E-state index contributed by atoms with van der Waals surface area (Å²) in [6, 6.07) is 1.60. The normalized spacial score (nSPS) is 11.4. The fraction of sp³-hybridized carbons (Fsp3) is 0.455. The zero-order chi connectivity index (χ0) is 13.2. The lowest BCUT2D eigenvalue weighted by molar-refractivity contribution is 0.206. The first kappa shape index (κ1) is 13.7. The number of carbonyl (C=O) groups is 1. The maximum atomic E-state index is 10.9. The Morgan fingerprint density at radius 2 is 2.18 bits per heavy atom. The first-order valence-electron chi connectivity index (χ1n) is 5.03. The number of nitrogens with zero attached hydrogens (tertiary/aromatic N) is 1. The van der Waals surface area contributed by atoms with Gasteiger partial charge in [0.15, 0.2) is 5.75 Å². The van der Waals surface area contributed by atoms with Crippen LogP contribution in [0.4, 0.5) is 4.79 Å². The largest absolute Gasteiger partial charge is 0.410 e. The van der Waals surface area contributed by atoms with Crippen molar-refractivity contribution in [2.45, 2.75) is 32.8 Å². The van der Waals surface area contributed by atoms with E-state index in [0.717, 1.165) is 0 Å². The molecule has 1 rings (SSSR count). The number of nitrogens with two attached hydrogens (primary N) is 1. The molecule has 0 aliphatic carbocycles. The van der Waals surface area contributed by atoms with Gasteiger partial charge in [-0.05, 0) is 11.5 Å². The summed E-state index contributed by atoms with van der Waals surface area (Å²) in [5.74, 6) is 0.178. The summed E-state index contributed by atoms with van der Waals surface area (Å²) >= 11 is 5.85. The van der Waals surface area contributed by atoms with Crippen molar-refractivity contribution in [2.75, 3.05) is 0 Å². The Morgan fingerprint density at radius 1 is 1.59 bits per heavy atom. The van der Waals surface area contributed by atoms with Gasteiger partial charge < -0.3 is 15.6 Å². The molecule has 94 valence electrons. The smallest absolute Gasteiger partial charge is 0.408 e. The van der Waals surface area contributed by atoms with Crippen molar-refractivity contribution < 1.29 is 14.6 Å². The third-order valence-corrected chi connectivity index (χ3v) is 2.37. The number of amides is 1. The molecule has 17 heavy (non-hydrogen) atoms. The standard InChI is InChI=1S/C11H15ClN2O3/c1-11(2,3)6-4-8(12)14-7(5-15)9(6)17-10(13)16/h4,15H,5H2,1-3H3,(H2,13,16). The molecule has 0 spiro atoms. The van der Waals surface area contributed by atoms with Crippen LogP contribution < -0.4 is 10.5 Å². The van der Waals surface area contributed by atoms with Crippen molar-refractivity contribution in [1.29, 1.82) is 0 Å². The van der Waals surface area contributed by atoms with E-state index in [4.69, 9.17) is 22.1 Å². The summed E-state index contributed by atoms with van der Waals surface area (Å²) in [4.78, 5) is 14.8. The van der Waals surface area contributed by atoms with Crippen molar-refractivity contribution in [3.8, 4) is 5.75 Å². The lowest BCUT2D eigenvalue weighted by atomic mass is 9.86. The van der Waals surface area contributed by atoms with E-state index in [1.54, 1.807) is 6.07 Å². The van der Waals surface area contributed by atoms with Gasteiger partial charge >= 0.3 is 6.09 Å². The quantitative estimate of drug-likeness (QED) is 0.795. The Labute approximate surface area is 105 Å². The number of aromatic nitrogens is 1. The second-order valence-electron chi connectivity index (χ2n) is 4.60. The van der Waals surface area contributed by atoms with Gasteiger partial charge in [-0.25, -0.2) is 9.78 Å². The Hall–Kier alpha value is -1.33. The van der Waals surface area contributed by atoms with Gasteiger partial charge in [-0.1, -0.05) is 32.4 Å². The fourth-order valence-corrected chi connectivity index (χ4v) is 1.64. The SMILES string of the molecule is CC(C)(C)c1cc(Cl)nc(CO)c1OC(N)=O. The average molecular weight is 259 g/mol. The molecule has 0 saturated carbocycles. The highest BCUT2D eigenvalue weighted by molar-refractivity contribution is 6.29. The molecular weight excluding hydrogens is 244 g/mol. The summed E-state index contributed by atoms with van der Waals surface area (Å²) in [5.41, 5.74) is 5.54. The fourth-order valence-electron chi connectivity index (χ4n) is 1.43. The molecule has 0 radical (unpaired) electrons. The van der Waals surface area contributed by atoms with Gasteiger partial charge in [0, 0.05) is 5.56 Å². The molecule has 1 aromatic heterocycles. The molecule has 1 aromatic rings. The van der Waals surface area contributed by atoms with Crippen molar-refractivity contribution >= 4 is 17.7 Å². The predicted octanol–water partition coefficient (Wildman–Crippen LogP) is 1.98. The van der Waals surface area contributed by atoms with Crippen molar-refractivity contribution in [3.05, 3.63) is 22.5 Å². The average Bonchev–Trinajstić information content (AvgIpc) is 2.17. The van der Waals surface area contributed by atoms with Crippen LogP contribution >= 0.6 is 11.6 Å². The van der Waals surface area contributed by atoms with Crippen LogP contribution in [0.1, 0.15) is 32.0 Å². The van der Waals surface area contributed by atoms with E-state index in [2.05, 4.69) is 4.98 Å². The highest BCUT2D eigenvalue weighted by atomic mass is 35.5. The van der Waals surface area contributed by atoms with Crippen LogP contribution in [0.5, 0.6) is 5.75 Å². The summed E-state index contributed by atoms with van der Waals surface area (Å²) in [7, 11) is 0. The number of ether oxygens (including phenoxy) is 1. The number of pyridine rings is 1. The molecule has 0 fully saturated rings. The Balaban J connectivity index is 3.44. The van der Waals surface area contributed by atoms with Gasteiger partial charge in [-0.15, -0.1) is 0 Å². The number of hydrogen-bond acceptors (Lipinski definition) is 4.